The highest BCUT2D eigenvalue weighted by Crippen LogP contribution is 2.28. The van der Waals surface area contributed by atoms with E-state index in [0.29, 0.717) is 0 Å². The zero-order chi connectivity index (χ0) is 14.4. The molecule has 0 heterocycles. The summed E-state index contributed by atoms with van der Waals surface area (Å²) in [4.78, 5) is 20.3. The fourth-order valence-electron chi connectivity index (χ4n) is 1.22. The van der Waals surface area contributed by atoms with E-state index in [1.54, 1.807) is 0 Å². The van der Waals surface area contributed by atoms with Gasteiger partial charge >= 0.3 is 11.7 Å². The molecule has 0 amide bonds. The molecule has 0 saturated heterocycles. The normalized spacial score (nSPS) is 10.9. The summed E-state index contributed by atoms with van der Waals surface area (Å²) in [5, 5.41) is 19.2. The van der Waals surface area contributed by atoms with E-state index in [2.05, 4.69) is 4.74 Å². The van der Waals surface area contributed by atoms with Crippen molar-refractivity contribution in [2.75, 3.05) is 6.61 Å². The molecule has 0 bridgehead atoms. The van der Waals surface area contributed by atoms with Gasteiger partial charge in [-0.05, 0) is 17.7 Å². The van der Waals surface area contributed by atoms with Crippen molar-refractivity contribution in [2.24, 2.45) is 0 Å². The van der Waals surface area contributed by atoms with Crippen LogP contribution in [0.2, 0.25) is 0 Å². The molecule has 0 aliphatic heterocycles. The minimum atomic E-state index is -2.74. The lowest BCUT2D eigenvalue weighted by Crippen LogP contribution is -2.08. The van der Waals surface area contributed by atoms with Crippen LogP contribution in [0.4, 0.5) is 14.5 Å². The predicted octanol–water partition coefficient (Wildman–Crippen LogP) is 2.34. The molecule has 1 aromatic rings. The lowest BCUT2D eigenvalue weighted by molar-refractivity contribution is -0.386. The Morgan fingerprint density at radius 2 is 2.21 bits per heavy atom. The van der Waals surface area contributed by atoms with Gasteiger partial charge in [-0.25, -0.2) is 13.6 Å². The molecule has 0 fully saturated rings. The molecule has 0 aliphatic carbocycles. The second kappa shape index (κ2) is 6.43. The van der Waals surface area contributed by atoms with Gasteiger partial charge in [-0.2, -0.15) is 0 Å². The molecule has 102 valence electrons. The van der Waals surface area contributed by atoms with Gasteiger partial charge in [0.2, 0.25) is 0 Å². The summed E-state index contributed by atoms with van der Waals surface area (Å²) in [7, 11) is 0. The van der Waals surface area contributed by atoms with Crippen LogP contribution in [-0.2, 0) is 4.79 Å². The topological polar surface area (TPSA) is 89.7 Å². The van der Waals surface area contributed by atoms with Crippen molar-refractivity contribution in [3.8, 4) is 5.75 Å². The molecule has 0 saturated carbocycles. The van der Waals surface area contributed by atoms with E-state index >= 15 is 0 Å². The molecule has 0 spiro atoms. The highest BCUT2D eigenvalue weighted by molar-refractivity contribution is 5.85. The van der Waals surface area contributed by atoms with Gasteiger partial charge in [-0.1, -0.05) is 6.07 Å². The minimum absolute atomic E-state index is 0.249. The highest BCUT2D eigenvalue weighted by atomic mass is 19.3. The number of halogens is 2. The van der Waals surface area contributed by atoms with Gasteiger partial charge in [-0.15, -0.1) is 0 Å². The van der Waals surface area contributed by atoms with E-state index in [9.17, 15) is 23.7 Å². The van der Waals surface area contributed by atoms with Crippen LogP contribution in [0.5, 0.6) is 5.75 Å². The molecule has 1 aromatic carbocycles. The summed E-state index contributed by atoms with van der Waals surface area (Å²) in [5.41, 5.74) is -0.258. The van der Waals surface area contributed by atoms with E-state index in [0.717, 1.165) is 24.3 Å². The lowest BCUT2D eigenvalue weighted by atomic mass is 10.1. The van der Waals surface area contributed by atoms with Crippen LogP contribution in [0.1, 0.15) is 5.56 Å². The Morgan fingerprint density at radius 3 is 2.74 bits per heavy atom. The SMILES string of the molecule is O=C(O)/C=C/c1ccc(OCC(F)F)c([N+](=O)[O-])c1. The minimum Gasteiger partial charge on any atom is -0.481 e. The van der Waals surface area contributed by atoms with E-state index in [1.165, 1.54) is 6.07 Å². The molecule has 0 radical (unpaired) electrons. The second-order valence-corrected chi connectivity index (χ2v) is 3.36. The molecule has 1 N–H and O–H groups in total. The number of ether oxygens (including phenoxy) is 1. The van der Waals surface area contributed by atoms with Crippen LogP contribution in [0, 0.1) is 10.1 Å². The van der Waals surface area contributed by atoms with Crippen LogP contribution in [0.3, 0.4) is 0 Å². The van der Waals surface area contributed by atoms with Gasteiger partial charge in [0, 0.05) is 12.1 Å². The van der Waals surface area contributed by atoms with Gasteiger partial charge < -0.3 is 9.84 Å². The molecular weight excluding hydrogens is 264 g/mol. The average Bonchev–Trinajstić information content (AvgIpc) is 2.33. The maximum Gasteiger partial charge on any atom is 0.328 e. The molecule has 0 aromatic heterocycles. The third kappa shape index (κ3) is 4.70. The van der Waals surface area contributed by atoms with Crippen molar-refractivity contribution in [3.05, 3.63) is 40.0 Å². The number of carbonyl (C=O) groups is 1. The number of nitro benzene ring substituents is 1. The smallest absolute Gasteiger partial charge is 0.328 e. The summed E-state index contributed by atoms with van der Waals surface area (Å²) in [5.74, 6) is -1.50. The Hall–Kier alpha value is -2.51. The zero-order valence-electron chi connectivity index (χ0n) is 9.45. The van der Waals surface area contributed by atoms with Crippen LogP contribution < -0.4 is 4.74 Å². The van der Waals surface area contributed by atoms with Crippen molar-refractivity contribution < 1.29 is 28.3 Å². The standard InChI is InChI=1S/C11H9F2NO5/c12-10(13)6-19-9-3-1-7(2-4-11(15)16)5-8(9)14(17)18/h1-5,10H,6H2,(H,15,16)/b4-2+. The van der Waals surface area contributed by atoms with E-state index in [4.69, 9.17) is 5.11 Å². The number of hydrogen-bond donors (Lipinski definition) is 1. The number of aliphatic carboxylic acids is 1. The number of carboxylic acid groups (broad SMARTS) is 1. The first-order valence-corrected chi connectivity index (χ1v) is 5.00. The van der Waals surface area contributed by atoms with Crippen LogP contribution in [-0.4, -0.2) is 29.0 Å². The summed E-state index contributed by atoms with van der Waals surface area (Å²) in [6.45, 7) is -0.953. The van der Waals surface area contributed by atoms with Crippen LogP contribution in [0.25, 0.3) is 6.08 Å². The zero-order valence-corrected chi connectivity index (χ0v) is 9.45. The van der Waals surface area contributed by atoms with E-state index in [-0.39, 0.29) is 11.3 Å². The second-order valence-electron chi connectivity index (χ2n) is 3.36. The van der Waals surface area contributed by atoms with Gasteiger partial charge in [0.25, 0.3) is 6.43 Å². The molecule has 0 aliphatic rings. The third-order valence-electron chi connectivity index (χ3n) is 1.96. The third-order valence-corrected chi connectivity index (χ3v) is 1.96. The Kier molecular flexibility index (Phi) is 4.92. The van der Waals surface area contributed by atoms with Crippen molar-refractivity contribution in [1.29, 1.82) is 0 Å². The Bertz CT molecular complexity index is 516. The molecule has 0 unspecified atom stereocenters. The first-order chi connectivity index (χ1) is 8.90. The van der Waals surface area contributed by atoms with Crippen LogP contribution >= 0.6 is 0 Å². The Balaban J connectivity index is 3.01. The van der Waals surface area contributed by atoms with Gasteiger partial charge in [0.15, 0.2) is 5.75 Å². The molecule has 0 atom stereocenters. The monoisotopic (exact) mass is 273 g/mol. The maximum atomic E-state index is 12.0. The average molecular weight is 273 g/mol. The number of nitrogens with zero attached hydrogens (tertiary/aromatic N) is 1. The maximum absolute atomic E-state index is 12.0. The number of benzene rings is 1. The number of rotatable bonds is 6. The van der Waals surface area contributed by atoms with E-state index < -0.39 is 29.6 Å². The van der Waals surface area contributed by atoms with Crippen molar-refractivity contribution in [1.82, 2.24) is 0 Å². The largest absolute Gasteiger partial charge is 0.481 e. The highest BCUT2D eigenvalue weighted by Gasteiger charge is 2.17. The number of nitro groups is 1. The summed E-state index contributed by atoms with van der Waals surface area (Å²) in [6.07, 6.45) is -0.795. The fourth-order valence-corrected chi connectivity index (χ4v) is 1.22. The van der Waals surface area contributed by atoms with Crippen molar-refractivity contribution in [3.63, 3.8) is 0 Å². The quantitative estimate of drug-likeness (QED) is 0.488. The molecular formula is C11H9F2NO5. The summed E-state index contributed by atoms with van der Waals surface area (Å²) < 4.78 is 28.6. The summed E-state index contributed by atoms with van der Waals surface area (Å²) in [6, 6.07) is 3.51. The van der Waals surface area contributed by atoms with Gasteiger partial charge in [-0.3, -0.25) is 10.1 Å². The number of carboxylic acids is 1. The Morgan fingerprint density at radius 1 is 1.53 bits per heavy atom. The molecule has 19 heavy (non-hydrogen) atoms. The lowest BCUT2D eigenvalue weighted by Gasteiger charge is -2.06. The molecule has 8 heteroatoms. The van der Waals surface area contributed by atoms with Gasteiger partial charge in [0.05, 0.1) is 4.92 Å². The summed E-state index contributed by atoms with van der Waals surface area (Å²) >= 11 is 0. The number of alkyl halides is 2. The first-order valence-electron chi connectivity index (χ1n) is 5.00. The van der Waals surface area contributed by atoms with Crippen LogP contribution in [0.15, 0.2) is 24.3 Å². The fraction of sp³-hybridized carbons (Fsp3) is 0.182. The first kappa shape index (κ1) is 14.6. The molecule has 6 nitrogen and oxygen atoms in total. The van der Waals surface area contributed by atoms with E-state index in [1.807, 2.05) is 0 Å². The van der Waals surface area contributed by atoms with Gasteiger partial charge in [0.1, 0.15) is 6.61 Å². The van der Waals surface area contributed by atoms with Crippen molar-refractivity contribution >= 4 is 17.7 Å². The van der Waals surface area contributed by atoms with Crippen molar-refractivity contribution in [2.45, 2.75) is 6.43 Å². The predicted molar refractivity (Wildman–Crippen MR) is 61.3 cm³/mol. The number of hydrogen-bond acceptors (Lipinski definition) is 4. The Labute approximate surface area is 106 Å². The molecule has 1 rings (SSSR count).